The summed E-state index contributed by atoms with van der Waals surface area (Å²) >= 11 is 1.71. The van der Waals surface area contributed by atoms with Gasteiger partial charge < -0.3 is 14.8 Å². The van der Waals surface area contributed by atoms with Crippen LogP contribution in [0.5, 0.6) is 0 Å². The van der Waals surface area contributed by atoms with Crippen molar-refractivity contribution in [1.29, 1.82) is 0 Å². The summed E-state index contributed by atoms with van der Waals surface area (Å²) in [5, 5.41) is 3.13. The van der Waals surface area contributed by atoms with E-state index in [9.17, 15) is 4.79 Å². The lowest BCUT2D eigenvalue weighted by molar-refractivity contribution is -0.121. The van der Waals surface area contributed by atoms with Gasteiger partial charge in [0.1, 0.15) is 12.4 Å². The van der Waals surface area contributed by atoms with Crippen molar-refractivity contribution in [3.05, 3.63) is 65.5 Å². The van der Waals surface area contributed by atoms with Crippen molar-refractivity contribution in [2.75, 3.05) is 26.9 Å². The molecular formula is C23H30N4OS. The highest BCUT2D eigenvalue weighted by Crippen LogP contribution is 2.20. The van der Waals surface area contributed by atoms with Crippen LogP contribution in [-0.4, -0.2) is 47.3 Å². The number of para-hydroxylation sites is 2. The minimum atomic E-state index is 0.00698. The van der Waals surface area contributed by atoms with E-state index >= 15 is 0 Å². The first-order chi connectivity index (χ1) is 14.0. The zero-order chi connectivity index (χ0) is 20.8. The summed E-state index contributed by atoms with van der Waals surface area (Å²) in [5.74, 6) is 1.73. The molecule has 0 spiro atoms. The van der Waals surface area contributed by atoms with E-state index < -0.39 is 0 Å². The molecule has 0 saturated carbocycles. The highest BCUT2D eigenvalue weighted by atomic mass is 32.2. The molecule has 0 fully saturated rings. The Hall–Kier alpha value is -2.31. The summed E-state index contributed by atoms with van der Waals surface area (Å²) in [5.41, 5.74) is 4.48. The Morgan fingerprint density at radius 3 is 2.55 bits per heavy atom. The van der Waals surface area contributed by atoms with Crippen LogP contribution in [0.4, 0.5) is 0 Å². The van der Waals surface area contributed by atoms with E-state index in [-0.39, 0.29) is 18.5 Å². The number of rotatable bonds is 9. The fourth-order valence-corrected chi connectivity index (χ4v) is 4.00. The van der Waals surface area contributed by atoms with Crippen molar-refractivity contribution in [3.63, 3.8) is 0 Å². The van der Waals surface area contributed by atoms with Crippen LogP contribution in [0.3, 0.4) is 0 Å². The van der Waals surface area contributed by atoms with Gasteiger partial charge in [-0.3, -0.25) is 4.79 Å². The molecule has 6 heteroatoms. The first-order valence-corrected chi connectivity index (χ1v) is 11.4. The molecular weight excluding hydrogens is 380 g/mol. The first kappa shape index (κ1) is 21.4. The molecule has 0 bridgehead atoms. The van der Waals surface area contributed by atoms with Crippen molar-refractivity contribution in [1.82, 2.24) is 19.8 Å². The van der Waals surface area contributed by atoms with Crippen molar-refractivity contribution < 1.29 is 4.79 Å². The fraction of sp³-hybridized carbons (Fsp3) is 0.391. The minimum absolute atomic E-state index is 0.00698. The normalized spacial score (nSPS) is 12.4. The highest BCUT2D eigenvalue weighted by Gasteiger charge is 2.17. The van der Waals surface area contributed by atoms with Gasteiger partial charge in [0.2, 0.25) is 5.91 Å². The number of hydrogen-bond acceptors (Lipinski definition) is 4. The lowest BCUT2D eigenvalue weighted by atomic mass is 10.0. The molecule has 2 aromatic carbocycles. The number of nitrogens with one attached hydrogen (secondary N) is 1. The van der Waals surface area contributed by atoms with Crippen molar-refractivity contribution in [3.8, 4) is 0 Å². The number of hydrogen-bond donors (Lipinski definition) is 1. The second-order valence-corrected chi connectivity index (χ2v) is 8.28. The molecule has 3 rings (SSSR count). The zero-order valence-electron chi connectivity index (χ0n) is 17.7. The molecule has 0 aliphatic heterocycles. The number of aryl methyl sites for hydroxylation is 1. The third kappa shape index (κ3) is 5.19. The Labute approximate surface area is 177 Å². The van der Waals surface area contributed by atoms with Gasteiger partial charge in [-0.05, 0) is 50.0 Å². The van der Waals surface area contributed by atoms with E-state index in [4.69, 9.17) is 4.98 Å². The van der Waals surface area contributed by atoms with Crippen LogP contribution in [0.1, 0.15) is 29.9 Å². The molecule has 3 aromatic rings. The number of carbonyl (C=O) groups excluding carboxylic acids is 1. The SMILES string of the molecule is CCc1ccc(C(CNC(=O)Cn2c(CSC)nc3ccccc32)N(C)C)cc1. The molecule has 1 aromatic heterocycles. The lowest BCUT2D eigenvalue weighted by Gasteiger charge is -2.25. The molecule has 0 radical (unpaired) electrons. The monoisotopic (exact) mass is 410 g/mol. The van der Waals surface area contributed by atoms with Gasteiger partial charge in [-0.15, -0.1) is 0 Å². The quantitative estimate of drug-likeness (QED) is 0.582. The van der Waals surface area contributed by atoms with E-state index in [0.29, 0.717) is 6.54 Å². The molecule has 0 aliphatic carbocycles. The summed E-state index contributed by atoms with van der Waals surface area (Å²) < 4.78 is 2.03. The van der Waals surface area contributed by atoms with Gasteiger partial charge in [0.15, 0.2) is 0 Å². The van der Waals surface area contributed by atoms with Gasteiger partial charge in [0.25, 0.3) is 0 Å². The van der Waals surface area contributed by atoms with Crippen molar-refractivity contribution in [2.45, 2.75) is 31.7 Å². The largest absolute Gasteiger partial charge is 0.353 e. The summed E-state index contributed by atoms with van der Waals surface area (Å²) in [4.78, 5) is 19.6. The zero-order valence-corrected chi connectivity index (χ0v) is 18.5. The Morgan fingerprint density at radius 1 is 1.17 bits per heavy atom. The van der Waals surface area contributed by atoms with Crippen molar-refractivity contribution >= 4 is 28.7 Å². The molecule has 1 amide bonds. The number of nitrogens with zero attached hydrogens (tertiary/aromatic N) is 3. The van der Waals surface area contributed by atoms with Crippen LogP contribution in [0.15, 0.2) is 48.5 Å². The van der Waals surface area contributed by atoms with Crippen LogP contribution in [0, 0.1) is 0 Å². The van der Waals surface area contributed by atoms with Crippen LogP contribution >= 0.6 is 11.8 Å². The second-order valence-electron chi connectivity index (χ2n) is 7.41. The Kier molecular flexibility index (Phi) is 7.34. The molecule has 1 heterocycles. The van der Waals surface area contributed by atoms with Crippen LogP contribution in [0.25, 0.3) is 11.0 Å². The Morgan fingerprint density at radius 2 is 1.90 bits per heavy atom. The summed E-state index contributed by atoms with van der Waals surface area (Å²) in [6, 6.07) is 16.8. The van der Waals surface area contributed by atoms with Crippen LogP contribution in [-0.2, 0) is 23.5 Å². The van der Waals surface area contributed by atoms with Crippen molar-refractivity contribution in [2.24, 2.45) is 0 Å². The van der Waals surface area contributed by atoms with E-state index in [2.05, 4.69) is 47.7 Å². The minimum Gasteiger partial charge on any atom is -0.353 e. The van der Waals surface area contributed by atoms with Gasteiger partial charge >= 0.3 is 0 Å². The maximum atomic E-state index is 12.8. The predicted octanol–water partition coefficient (Wildman–Crippen LogP) is 3.88. The van der Waals surface area contributed by atoms with E-state index in [1.807, 2.05) is 42.9 Å². The molecule has 5 nitrogen and oxygen atoms in total. The predicted molar refractivity (Wildman–Crippen MR) is 122 cm³/mol. The van der Waals surface area contributed by atoms with Gasteiger partial charge in [0.05, 0.1) is 22.8 Å². The molecule has 154 valence electrons. The standard InChI is InChI=1S/C23H30N4OS/c1-5-17-10-12-18(13-11-17)21(26(2)3)14-24-23(28)15-27-20-9-7-6-8-19(20)25-22(27)16-29-4/h6-13,21H,5,14-16H2,1-4H3,(H,24,28). The molecule has 1 N–H and O–H groups in total. The number of thioether (sulfide) groups is 1. The van der Waals surface area contributed by atoms with Gasteiger partial charge in [-0.2, -0.15) is 11.8 Å². The third-order valence-corrected chi connectivity index (χ3v) is 5.74. The summed E-state index contributed by atoms with van der Waals surface area (Å²) in [6.07, 6.45) is 3.08. The maximum absolute atomic E-state index is 12.8. The van der Waals surface area contributed by atoms with Gasteiger partial charge in [-0.25, -0.2) is 4.98 Å². The van der Waals surface area contributed by atoms with Crippen LogP contribution in [0.2, 0.25) is 0 Å². The smallest absolute Gasteiger partial charge is 0.240 e. The van der Waals surface area contributed by atoms with E-state index in [1.165, 1.54) is 11.1 Å². The Balaban J connectivity index is 1.71. The number of aromatic nitrogens is 2. The fourth-order valence-electron chi connectivity index (χ4n) is 3.53. The number of amides is 1. The average Bonchev–Trinajstić information content (AvgIpc) is 3.06. The first-order valence-electron chi connectivity index (χ1n) is 9.98. The highest BCUT2D eigenvalue weighted by molar-refractivity contribution is 7.97. The molecule has 0 saturated heterocycles. The van der Waals surface area contributed by atoms with Gasteiger partial charge in [-0.1, -0.05) is 43.3 Å². The molecule has 1 atom stereocenters. The molecule has 0 aliphatic rings. The number of imidazole rings is 1. The average molecular weight is 411 g/mol. The number of benzene rings is 2. The lowest BCUT2D eigenvalue weighted by Crippen LogP contribution is -2.36. The topological polar surface area (TPSA) is 50.2 Å². The number of fused-ring (bicyclic) bond motifs is 1. The van der Waals surface area contributed by atoms with E-state index in [1.54, 1.807) is 11.8 Å². The Bertz CT molecular complexity index is 949. The van der Waals surface area contributed by atoms with Gasteiger partial charge in [0, 0.05) is 6.54 Å². The number of likely N-dealkylation sites (N-methyl/N-ethyl adjacent to an activating group) is 1. The maximum Gasteiger partial charge on any atom is 0.240 e. The number of carbonyl (C=O) groups is 1. The summed E-state index contributed by atoms with van der Waals surface area (Å²) in [7, 11) is 4.09. The second kappa shape index (κ2) is 9.94. The molecule has 1 unspecified atom stereocenters. The van der Waals surface area contributed by atoms with Crippen LogP contribution < -0.4 is 5.32 Å². The van der Waals surface area contributed by atoms with E-state index in [0.717, 1.165) is 29.0 Å². The summed E-state index contributed by atoms with van der Waals surface area (Å²) in [6.45, 7) is 3.01. The molecule has 29 heavy (non-hydrogen) atoms. The third-order valence-electron chi connectivity index (χ3n) is 5.20.